The molecule has 18 heavy (non-hydrogen) atoms. The predicted molar refractivity (Wildman–Crippen MR) is 74.4 cm³/mol. The van der Waals surface area contributed by atoms with Gasteiger partial charge in [-0.2, -0.15) is 0 Å². The van der Waals surface area contributed by atoms with Crippen molar-refractivity contribution >= 4 is 5.91 Å². The van der Waals surface area contributed by atoms with Gasteiger partial charge in [0, 0.05) is 12.1 Å². The average Bonchev–Trinajstić information content (AvgIpc) is 2.91. The molecule has 2 fully saturated rings. The molecule has 2 saturated carbocycles. The lowest BCUT2D eigenvalue weighted by Gasteiger charge is -2.24. The normalized spacial score (nSPS) is 24.1. The predicted octanol–water partition coefficient (Wildman–Crippen LogP) is 2.60. The molecule has 0 unspecified atom stereocenters. The fourth-order valence-corrected chi connectivity index (χ4v) is 3.40. The molecule has 3 nitrogen and oxygen atoms in total. The van der Waals surface area contributed by atoms with Crippen LogP contribution in [0.25, 0.3) is 0 Å². The zero-order valence-electron chi connectivity index (χ0n) is 11.7. The van der Waals surface area contributed by atoms with Gasteiger partial charge in [-0.15, -0.1) is 0 Å². The zero-order chi connectivity index (χ0) is 12.8. The van der Waals surface area contributed by atoms with Gasteiger partial charge >= 0.3 is 0 Å². The van der Waals surface area contributed by atoms with Crippen molar-refractivity contribution in [3.63, 3.8) is 0 Å². The molecule has 2 N–H and O–H groups in total. The molecular formula is C15H28N2O. The Balaban J connectivity index is 1.61. The minimum Gasteiger partial charge on any atom is -0.352 e. The Labute approximate surface area is 111 Å². The van der Waals surface area contributed by atoms with Crippen molar-refractivity contribution < 1.29 is 4.79 Å². The standard InChI is InChI=1S/C15H28N2O/c1-12(13-7-5-6-8-13)16-11-15(18)17-14-9-3-2-4-10-14/h12-14,16H,2-11H2,1H3,(H,17,18)/t12-/m1/s1. The van der Waals surface area contributed by atoms with Crippen molar-refractivity contribution in [3.05, 3.63) is 0 Å². The first-order valence-corrected chi connectivity index (χ1v) is 7.78. The highest BCUT2D eigenvalue weighted by Gasteiger charge is 2.22. The number of hydrogen-bond donors (Lipinski definition) is 2. The van der Waals surface area contributed by atoms with Crippen LogP contribution in [-0.2, 0) is 4.79 Å². The lowest BCUT2D eigenvalue weighted by Crippen LogP contribution is -2.44. The minimum absolute atomic E-state index is 0.187. The summed E-state index contributed by atoms with van der Waals surface area (Å²) in [6.07, 6.45) is 11.6. The van der Waals surface area contributed by atoms with E-state index in [9.17, 15) is 4.79 Å². The molecule has 3 heteroatoms. The maximum Gasteiger partial charge on any atom is 0.234 e. The average molecular weight is 252 g/mol. The molecule has 0 saturated heterocycles. The molecular weight excluding hydrogens is 224 g/mol. The van der Waals surface area contributed by atoms with Crippen molar-refractivity contribution in [2.75, 3.05) is 6.54 Å². The van der Waals surface area contributed by atoms with Crippen LogP contribution in [0.4, 0.5) is 0 Å². The molecule has 2 aliphatic rings. The third-order valence-electron chi connectivity index (χ3n) is 4.66. The number of hydrogen-bond acceptors (Lipinski definition) is 2. The van der Waals surface area contributed by atoms with E-state index in [2.05, 4.69) is 17.6 Å². The first-order valence-electron chi connectivity index (χ1n) is 7.78. The number of carbonyl (C=O) groups excluding carboxylic acids is 1. The SMILES string of the molecule is C[C@@H](NCC(=O)NC1CCCCC1)C1CCCC1. The van der Waals surface area contributed by atoms with Crippen LogP contribution in [0, 0.1) is 5.92 Å². The quantitative estimate of drug-likeness (QED) is 0.789. The Morgan fingerprint density at radius 1 is 1.06 bits per heavy atom. The molecule has 2 rings (SSSR count). The Morgan fingerprint density at radius 3 is 2.33 bits per heavy atom. The van der Waals surface area contributed by atoms with Gasteiger partial charge < -0.3 is 10.6 Å². The summed E-state index contributed by atoms with van der Waals surface area (Å²) in [6, 6.07) is 0.930. The Hall–Kier alpha value is -0.570. The van der Waals surface area contributed by atoms with Crippen LogP contribution in [0.5, 0.6) is 0 Å². The minimum atomic E-state index is 0.187. The topological polar surface area (TPSA) is 41.1 Å². The summed E-state index contributed by atoms with van der Waals surface area (Å²) >= 11 is 0. The van der Waals surface area contributed by atoms with Crippen LogP contribution in [0.1, 0.15) is 64.7 Å². The summed E-state index contributed by atoms with van der Waals surface area (Å²) < 4.78 is 0. The number of amides is 1. The van der Waals surface area contributed by atoms with Gasteiger partial charge in [-0.1, -0.05) is 32.1 Å². The summed E-state index contributed by atoms with van der Waals surface area (Å²) in [5.41, 5.74) is 0. The van der Waals surface area contributed by atoms with Gasteiger partial charge in [0.25, 0.3) is 0 Å². The number of rotatable bonds is 5. The molecule has 0 spiro atoms. The molecule has 0 radical (unpaired) electrons. The van der Waals surface area contributed by atoms with Crippen LogP contribution in [0.15, 0.2) is 0 Å². The second kappa shape index (κ2) is 7.13. The van der Waals surface area contributed by atoms with Crippen LogP contribution in [0.3, 0.4) is 0 Å². The van der Waals surface area contributed by atoms with Gasteiger partial charge in [0.15, 0.2) is 0 Å². The van der Waals surface area contributed by atoms with Gasteiger partial charge in [-0.3, -0.25) is 4.79 Å². The smallest absolute Gasteiger partial charge is 0.234 e. The van der Waals surface area contributed by atoms with Gasteiger partial charge in [0.2, 0.25) is 5.91 Å². The van der Waals surface area contributed by atoms with E-state index in [1.807, 2.05) is 0 Å². The Kier molecular flexibility index (Phi) is 5.48. The highest BCUT2D eigenvalue weighted by molar-refractivity contribution is 5.78. The number of nitrogens with one attached hydrogen (secondary N) is 2. The fourth-order valence-electron chi connectivity index (χ4n) is 3.40. The van der Waals surface area contributed by atoms with Gasteiger partial charge in [0.1, 0.15) is 0 Å². The van der Waals surface area contributed by atoms with E-state index in [1.165, 1.54) is 57.8 Å². The molecule has 104 valence electrons. The summed E-state index contributed by atoms with van der Waals surface area (Å²) in [5, 5.41) is 6.57. The lowest BCUT2D eigenvalue weighted by molar-refractivity contribution is -0.121. The first-order chi connectivity index (χ1) is 8.75. The van der Waals surface area contributed by atoms with E-state index in [1.54, 1.807) is 0 Å². The monoisotopic (exact) mass is 252 g/mol. The third-order valence-corrected chi connectivity index (χ3v) is 4.66. The lowest BCUT2D eigenvalue weighted by atomic mass is 9.95. The van der Waals surface area contributed by atoms with Crippen LogP contribution in [0.2, 0.25) is 0 Å². The summed E-state index contributed by atoms with van der Waals surface area (Å²) in [7, 11) is 0. The van der Waals surface area contributed by atoms with E-state index >= 15 is 0 Å². The molecule has 0 bridgehead atoms. The van der Waals surface area contributed by atoms with E-state index in [0.717, 1.165) is 5.92 Å². The highest BCUT2D eigenvalue weighted by atomic mass is 16.1. The Morgan fingerprint density at radius 2 is 1.67 bits per heavy atom. The fraction of sp³-hybridized carbons (Fsp3) is 0.933. The third kappa shape index (κ3) is 4.27. The maximum absolute atomic E-state index is 11.9. The van der Waals surface area contributed by atoms with Gasteiger partial charge in [-0.25, -0.2) is 0 Å². The van der Waals surface area contributed by atoms with E-state index in [4.69, 9.17) is 0 Å². The molecule has 0 heterocycles. The largest absolute Gasteiger partial charge is 0.352 e. The molecule has 0 aromatic rings. The molecule has 0 aliphatic heterocycles. The van der Waals surface area contributed by atoms with E-state index in [0.29, 0.717) is 18.6 Å². The molecule has 2 aliphatic carbocycles. The summed E-state index contributed by atoms with van der Waals surface area (Å²) in [5.74, 6) is 0.972. The van der Waals surface area contributed by atoms with Crippen molar-refractivity contribution in [3.8, 4) is 0 Å². The van der Waals surface area contributed by atoms with Crippen molar-refractivity contribution in [1.29, 1.82) is 0 Å². The van der Waals surface area contributed by atoms with Crippen molar-refractivity contribution in [2.24, 2.45) is 5.92 Å². The molecule has 0 aromatic carbocycles. The first kappa shape index (κ1) is 13.9. The van der Waals surface area contributed by atoms with Gasteiger partial charge in [-0.05, 0) is 38.5 Å². The van der Waals surface area contributed by atoms with Crippen LogP contribution >= 0.6 is 0 Å². The van der Waals surface area contributed by atoms with Crippen LogP contribution < -0.4 is 10.6 Å². The van der Waals surface area contributed by atoms with Crippen molar-refractivity contribution in [2.45, 2.75) is 76.8 Å². The highest BCUT2D eigenvalue weighted by Crippen LogP contribution is 2.27. The number of carbonyl (C=O) groups is 1. The summed E-state index contributed by atoms with van der Waals surface area (Å²) in [4.78, 5) is 11.9. The van der Waals surface area contributed by atoms with Gasteiger partial charge in [0.05, 0.1) is 6.54 Å². The van der Waals surface area contributed by atoms with Crippen LogP contribution in [-0.4, -0.2) is 24.5 Å². The molecule has 1 atom stereocenters. The van der Waals surface area contributed by atoms with E-state index in [-0.39, 0.29) is 5.91 Å². The molecule has 0 aromatic heterocycles. The molecule has 1 amide bonds. The van der Waals surface area contributed by atoms with E-state index < -0.39 is 0 Å². The maximum atomic E-state index is 11.9. The van der Waals surface area contributed by atoms with Crippen molar-refractivity contribution in [1.82, 2.24) is 10.6 Å². The second-order valence-corrected chi connectivity index (χ2v) is 6.12. The zero-order valence-corrected chi connectivity index (χ0v) is 11.7. The summed E-state index contributed by atoms with van der Waals surface area (Å²) in [6.45, 7) is 2.72. The second-order valence-electron chi connectivity index (χ2n) is 6.12. The Bertz CT molecular complexity index is 255.